The summed E-state index contributed by atoms with van der Waals surface area (Å²) >= 11 is 0. The molecule has 0 saturated carbocycles. The van der Waals surface area contributed by atoms with Gasteiger partial charge >= 0.3 is 0 Å². The Kier molecular flexibility index (Phi) is 4.32. The number of carbonyl (C=O) groups is 1. The fraction of sp³-hybridized carbons (Fsp3) is 0.857. The van der Waals surface area contributed by atoms with Crippen LogP contribution < -0.4 is 0 Å². The number of likely N-dealkylation sites (N-methyl/N-ethyl adjacent to an activating group) is 1. The normalized spacial score (nSPS) is 13.8. The third-order valence-corrected chi connectivity index (χ3v) is 1.47. The average molecular weight is 129 g/mol. The first-order valence-corrected chi connectivity index (χ1v) is 3.38. The number of aldehydes is 1. The van der Waals surface area contributed by atoms with Gasteiger partial charge in [0.2, 0.25) is 0 Å². The highest BCUT2D eigenvalue weighted by atomic mass is 16.1. The molecule has 2 heteroatoms. The summed E-state index contributed by atoms with van der Waals surface area (Å²) in [6, 6.07) is 0.0740. The Morgan fingerprint density at radius 3 is 2.56 bits per heavy atom. The zero-order valence-electron chi connectivity index (χ0n) is 6.42. The highest BCUT2D eigenvalue weighted by Gasteiger charge is 2.03. The molecule has 0 aliphatic carbocycles. The Morgan fingerprint density at radius 1 is 1.67 bits per heavy atom. The minimum Gasteiger partial charge on any atom is -0.302 e. The molecule has 0 aromatic heterocycles. The molecule has 0 radical (unpaired) electrons. The quantitative estimate of drug-likeness (QED) is 0.526. The maximum absolute atomic E-state index is 10.2. The fourth-order valence-corrected chi connectivity index (χ4v) is 0.660. The predicted octanol–water partition coefficient (Wildman–Crippen LogP) is 0.916. The molecule has 0 heterocycles. The van der Waals surface area contributed by atoms with E-state index in [0.717, 1.165) is 19.3 Å². The molecular formula is C7H15NO. The lowest BCUT2D eigenvalue weighted by atomic mass is 10.3. The van der Waals surface area contributed by atoms with Crippen LogP contribution >= 0.6 is 0 Å². The number of hydrogen-bond acceptors (Lipinski definition) is 2. The van der Waals surface area contributed by atoms with E-state index in [9.17, 15) is 4.79 Å². The van der Waals surface area contributed by atoms with Crippen molar-refractivity contribution in [3.05, 3.63) is 0 Å². The minimum atomic E-state index is 0.0740. The zero-order valence-corrected chi connectivity index (χ0v) is 6.42. The number of hydrogen-bond donors (Lipinski definition) is 0. The summed E-state index contributed by atoms with van der Waals surface area (Å²) in [7, 11) is 1.96. The topological polar surface area (TPSA) is 20.3 Å². The van der Waals surface area contributed by atoms with Crippen molar-refractivity contribution in [1.29, 1.82) is 0 Å². The standard InChI is InChI=1S/C7H15NO/c1-4-5-8(3)7(2)6-9/h6-7H,4-5H2,1-3H3/t7-/m0/s1. The van der Waals surface area contributed by atoms with Gasteiger partial charge in [0.15, 0.2) is 0 Å². The molecule has 0 aliphatic heterocycles. The van der Waals surface area contributed by atoms with Crippen molar-refractivity contribution in [2.75, 3.05) is 13.6 Å². The molecule has 1 atom stereocenters. The van der Waals surface area contributed by atoms with Crippen LogP contribution in [0.4, 0.5) is 0 Å². The zero-order chi connectivity index (χ0) is 7.28. The van der Waals surface area contributed by atoms with E-state index in [2.05, 4.69) is 6.92 Å². The molecule has 0 aromatic rings. The monoisotopic (exact) mass is 129 g/mol. The van der Waals surface area contributed by atoms with Crippen molar-refractivity contribution in [2.24, 2.45) is 0 Å². The molecule has 2 nitrogen and oxygen atoms in total. The van der Waals surface area contributed by atoms with Crippen molar-refractivity contribution in [3.63, 3.8) is 0 Å². The van der Waals surface area contributed by atoms with E-state index in [0.29, 0.717) is 0 Å². The van der Waals surface area contributed by atoms with Crippen LogP contribution in [0.15, 0.2) is 0 Å². The second-order valence-corrected chi connectivity index (χ2v) is 2.36. The maximum atomic E-state index is 10.2. The van der Waals surface area contributed by atoms with Crippen molar-refractivity contribution in [1.82, 2.24) is 4.90 Å². The van der Waals surface area contributed by atoms with Gasteiger partial charge in [0.25, 0.3) is 0 Å². The number of nitrogens with zero attached hydrogens (tertiary/aromatic N) is 1. The molecule has 54 valence electrons. The fourth-order valence-electron chi connectivity index (χ4n) is 0.660. The van der Waals surface area contributed by atoms with E-state index >= 15 is 0 Å². The highest BCUT2D eigenvalue weighted by molar-refractivity contribution is 5.56. The lowest BCUT2D eigenvalue weighted by Crippen LogP contribution is -2.30. The van der Waals surface area contributed by atoms with E-state index in [4.69, 9.17) is 0 Å². The van der Waals surface area contributed by atoms with Gasteiger partial charge in [-0.3, -0.25) is 4.90 Å². The molecule has 0 N–H and O–H groups in total. The SMILES string of the molecule is CCCN(C)[C@@H](C)C=O. The number of carbonyl (C=O) groups excluding carboxylic acids is 1. The number of rotatable bonds is 4. The third kappa shape index (κ3) is 3.25. The molecule has 0 saturated heterocycles. The van der Waals surface area contributed by atoms with E-state index in [1.165, 1.54) is 0 Å². The summed E-state index contributed by atoms with van der Waals surface area (Å²) in [6.45, 7) is 5.01. The van der Waals surface area contributed by atoms with Crippen molar-refractivity contribution >= 4 is 6.29 Å². The Balaban J connectivity index is 3.44. The minimum absolute atomic E-state index is 0.0740. The molecule has 0 spiro atoms. The van der Waals surface area contributed by atoms with Gasteiger partial charge in [-0.15, -0.1) is 0 Å². The summed E-state index contributed by atoms with van der Waals surface area (Å²) in [5.74, 6) is 0. The van der Waals surface area contributed by atoms with Crippen LogP contribution in [-0.4, -0.2) is 30.8 Å². The van der Waals surface area contributed by atoms with E-state index in [-0.39, 0.29) is 6.04 Å². The van der Waals surface area contributed by atoms with Gasteiger partial charge in [-0.05, 0) is 26.9 Å². The molecule has 0 aromatic carbocycles. The summed E-state index contributed by atoms with van der Waals surface area (Å²) in [5.41, 5.74) is 0. The lowest BCUT2D eigenvalue weighted by Gasteiger charge is -2.18. The van der Waals surface area contributed by atoms with Gasteiger partial charge in [-0.2, -0.15) is 0 Å². The second kappa shape index (κ2) is 4.50. The van der Waals surface area contributed by atoms with Crippen molar-refractivity contribution < 1.29 is 4.79 Å². The molecule has 0 amide bonds. The van der Waals surface area contributed by atoms with Crippen molar-refractivity contribution in [2.45, 2.75) is 26.3 Å². The Hall–Kier alpha value is -0.370. The van der Waals surface area contributed by atoms with Crippen LogP contribution in [0.2, 0.25) is 0 Å². The first kappa shape index (κ1) is 8.63. The van der Waals surface area contributed by atoms with Gasteiger partial charge in [0, 0.05) is 0 Å². The molecule has 0 bridgehead atoms. The molecular weight excluding hydrogens is 114 g/mol. The first-order chi connectivity index (χ1) is 4.22. The molecule has 0 fully saturated rings. The van der Waals surface area contributed by atoms with Gasteiger partial charge in [0.05, 0.1) is 6.04 Å². The third-order valence-electron chi connectivity index (χ3n) is 1.47. The van der Waals surface area contributed by atoms with Gasteiger partial charge in [0.1, 0.15) is 6.29 Å². The van der Waals surface area contributed by atoms with Gasteiger partial charge in [-0.1, -0.05) is 6.92 Å². The van der Waals surface area contributed by atoms with Gasteiger partial charge in [-0.25, -0.2) is 0 Å². The van der Waals surface area contributed by atoms with Crippen LogP contribution in [0.1, 0.15) is 20.3 Å². The Labute approximate surface area is 56.9 Å². The van der Waals surface area contributed by atoms with E-state index in [1.807, 2.05) is 18.9 Å². The summed E-state index contributed by atoms with van der Waals surface area (Å²) in [5, 5.41) is 0. The van der Waals surface area contributed by atoms with Crippen molar-refractivity contribution in [3.8, 4) is 0 Å². The predicted molar refractivity (Wildman–Crippen MR) is 38.4 cm³/mol. The smallest absolute Gasteiger partial charge is 0.136 e. The van der Waals surface area contributed by atoms with Crippen LogP contribution in [0, 0.1) is 0 Å². The largest absolute Gasteiger partial charge is 0.302 e. The average Bonchev–Trinajstić information content (AvgIpc) is 1.87. The summed E-state index contributed by atoms with van der Waals surface area (Å²) < 4.78 is 0. The lowest BCUT2D eigenvalue weighted by molar-refractivity contribution is -0.111. The van der Waals surface area contributed by atoms with Crippen LogP contribution in [0.25, 0.3) is 0 Å². The second-order valence-electron chi connectivity index (χ2n) is 2.36. The molecule has 0 aliphatic rings. The summed E-state index contributed by atoms with van der Waals surface area (Å²) in [4.78, 5) is 12.2. The van der Waals surface area contributed by atoms with E-state index < -0.39 is 0 Å². The summed E-state index contributed by atoms with van der Waals surface area (Å²) in [6.07, 6.45) is 2.07. The van der Waals surface area contributed by atoms with Crippen LogP contribution in [0.5, 0.6) is 0 Å². The van der Waals surface area contributed by atoms with Crippen LogP contribution in [-0.2, 0) is 4.79 Å². The maximum Gasteiger partial charge on any atom is 0.136 e. The van der Waals surface area contributed by atoms with Crippen LogP contribution in [0.3, 0.4) is 0 Å². The van der Waals surface area contributed by atoms with E-state index in [1.54, 1.807) is 0 Å². The molecule has 0 rings (SSSR count). The molecule has 0 unspecified atom stereocenters. The Morgan fingerprint density at radius 2 is 2.22 bits per heavy atom. The first-order valence-electron chi connectivity index (χ1n) is 3.38. The molecule has 9 heavy (non-hydrogen) atoms. The Bertz CT molecular complexity index is 83.0. The highest BCUT2D eigenvalue weighted by Crippen LogP contribution is 1.91. The van der Waals surface area contributed by atoms with Gasteiger partial charge < -0.3 is 4.79 Å².